The highest BCUT2D eigenvalue weighted by atomic mass is 16.3. The summed E-state index contributed by atoms with van der Waals surface area (Å²) in [5.41, 5.74) is 2.91. The van der Waals surface area contributed by atoms with Gasteiger partial charge in [0, 0.05) is 22.9 Å². The molecular formula is C23H22N4O. The minimum Gasteiger partial charge on any atom is -0.507 e. The molecule has 1 saturated heterocycles. The van der Waals surface area contributed by atoms with Gasteiger partial charge in [-0.25, -0.2) is 0 Å². The van der Waals surface area contributed by atoms with Crippen molar-refractivity contribution in [2.24, 2.45) is 10.2 Å². The van der Waals surface area contributed by atoms with E-state index in [-0.39, 0.29) is 0 Å². The monoisotopic (exact) mass is 370 g/mol. The van der Waals surface area contributed by atoms with Crippen LogP contribution >= 0.6 is 0 Å². The summed E-state index contributed by atoms with van der Waals surface area (Å²) in [4.78, 5) is 2.38. The fourth-order valence-electron chi connectivity index (χ4n) is 3.67. The minimum atomic E-state index is 0.332. The molecule has 5 heteroatoms. The summed E-state index contributed by atoms with van der Waals surface area (Å²) in [6, 6.07) is 18.8. The van der Waals surface area contributed by atoms with Crippen LogP contribution in [0.3, 0.4) is 0 Å². The fourth-order valence-corrected chi connectivity index (χ4v) is 3.67. The third-order valence-corrected chi connectivity index (χ3v) is 5.19. The highest BCUT2D eigenvalue weighted by Crippen LogP contribution is 2.37. The summed E-state index contributed by atoms with van der Waals surface area (Å²) < 4.78 is 0. The number of hydrogen-bond donors (Lipinski definition) is 1. The molecule has 140 valence electrons. The van der Waals surface area contributed by atoms with Crippen LogP contribution in [-0.4, -0.2) is 23.1 Å². The maximum absolute atomic E-state index is 10.8. The summed E-state index contributed by atoms with van der Waals surface area (Å²) in [5, 5.41) is 30.2. The van der Waals surface area contributed by atoms with Crippen molar-refractivity contribution in [3.05, 3.63) is 65.7 Å². The van der Waals surface area contributed by atoms with E-state index in [0.29, 0.717) is 17.0 Å². The van der Waals surface area contributed by atoms with E-state index in [0.717, 1.165) is 41.7 Å². The van der Waals surface area contributed by atoms with Gasteiger partial charge in [-0.05, 0) is 56.3 Å². The molecule has 1 aliphatic heterocycles. The SMILES string of the molecule is N#Cc1ccc(N=Nc2cc(CN3CCCCC3)c(O)c3ccccc23)cc1. The van der Waals surface area contributed by atoms with E-state index in [1.807, 2.05) is 30.3 Å². The van der Waals surface area contributed by atoms with Gasteiger partial charge >= 0.3 is 0 Å². The molecule has 0 amide bonds. The van der Waals surface area contributed by atoms with Crippen LogP contribution in [0.4, 0.5) is 11.4 Å². The van der Waals surface area contributed by atoms with Crippen molar-refractivity contribution in [2.75, 3.05) is 13.1 Å². The van der Waals surface area contributed by atoms with Gasteiger partial charge in [0.25, 0.3) is 0 Å². The third-order valence-electron chi connectivity index (χ3n) is 5.19. The molecule has 0 atom stereocenters. The number of piperidine rings is 1. The molecule has 4 rings (SSSR count). The maximum atomic E-state index is 10.8. The van der Waals surface area contributed by atoms with Gasteiger partial charge in [0.2, 0.25) is 0 Å². The Morgan fingerprint density at radius 3 is 2.36 bits per heavy atom. The second kappa shape index (κ2) is 8.20. The zero-order valence-corrected chi connectivity index (χ0v) is 15.7. The molecule has 0 bridgehead atoms. The predicted octanol–water partition coefficient (Wildman–Crippen LogP) is 5.82. The van der Waals surface area contributed by atoms with Gasteiger partial charge in [-0.2, -0.15) is 10.4 Å². The number of azo groups is 1. The number of rotatable bonds is 4. The summed E-state index contributed by atoms with van der Waals surface area (Å²) in [5.74, 6) is 0.332. The van der Waals surface area contributed by atoms with E-state index >= 15 is 0 Å². The lowest BCUT2D eigenvalue weighted by molar-refractivity contribution is 0.219. The molecule has 1 heterocycles. The van der Waals surface area contributed by atoms with Crippen LogP contribution in [0.15, 0.2) is 64.8 Å². The molecule has 3 aromatic rings. The lowest BCUT2D eigenvalue weighted by Crippen LogP contribution is -2.29. The van der Waals surface area contributed by atoms with Gasteiger partial charge in [-0.15, -0.1) is 5.11 Å². The molecular weight excluding hydrogens is 348 g/mol. The quantitative estimate of drug-likeness (QED) is 0.588. The molecule has 0 saturated carbocycles. The van der Waals surface area contributed by atoms with Gasteiger partial charge in [0.1, 0.15) is 5.75 Å². The van der Waals surface area contributed by atoms with E-state index in [4.69, 9.17) is 5.26 Å². The summed E-state index contributed by atoms with van der Waals surface area (Å²) >= 11 is 0. The molecule has 28 heavy (non-hydrogen) atoms. The molecule has 1 aliphatic rings. The lowest BCUT2D eigenvalue weighted by atomic mass is 10.0. The van der Waals surface area contributed by atoms with Crippen LogP contribution in [0.25, 0.3) is 10.8 Å². The first-order valence-corrected chi connectivity index (χ1v) is 9.62. The summed E-state index contributed by atoms with van der Waals surface area (Å²) in [7, 11) is 0. The third kappa shape index (κ3) is 3.88. The number of nitrogens with zero attached hydrogens (tertiary/aromatic N) is 4. The average molecular weight is 370 g/mol. The van der Waals surface area contributed by atoms with Crippen LogP contribution < -0.4 is 0 Å². The first-order valence-electron chi connectivity index (χ1n) is 9.62. The second-order valence-electron chi connectivity index (χ2n) is 7.14. The normalized spacial score (nSPS) is 15.1. The van der Waals surface area contributed by atoms with E-state index in [9.17, 15) is 5.11 Å². The number of phenolic OH excluding ortho intramolecular Hbond substituents is 1. The Morgan fingerprint density at radius 2 is 1.64 bits per heavy atom. The Hall–Kier alpha value is -3.23. The van der Waals surface area contributed by atoms with Crippen LogP contribution in [0.2, 0.25) is 0 Å². The van der Waals surface area contributed by atoms with Gasteiger partial charge < -0.3 is 5.11 Å². The molecule has 1 N–H and O–H groups in total. The van der Waals surface area contributed by atoms with Crippen LogP contribution in [0, 0.1) is 11.3 Å². The lowest BCUT2D eigenvalue weighted by Gasteiger charge is -2.27. The van der Waals surface area contributed by atoms with Gasteiger partial charge in [-0.3, -0.25) is 4.90 Å². The number of aromatic hydroxyl groups is 1. The van der Waals surface area contributed by atoms with Crippen molar-refractivity contribution in [1.29, 1.82) is 5.26 Å². The molecule has 0 spiro atoms. The average Bonchev–Trinajstić information content (AvgIpc) is 2.76. The maximum Gasteiger partial charge on any atom is 0.128 e. The smallest absolute Gasteiger partial charge is 0.128 e. The first-order chi connectivity index (χ1) is 13.7. The number of benzene rings is 3. The largest absolute Gasteiger partial charge is 0.507 e. The van der Waals surface area contributed by atoms with Crippen LogP contribution in [0.1, 0.15) is 30.4 Å². The summed E-state index contributed by atoms with van der Waals surface area (Å²) in [6.45, 7) is 2.85. The number of hydrogen-bond acceptors (Lipinski definition) is 5. The van der Waals surface area contributed by atoms with Gasteiger partial charge in [0.05, 0.1) is 23.0 Å². The van der Waals surface area contributed by atoms with Crippen molar-refractivity contribution >= 4 is 22.1 Å². The minimum absolute atomic E-state index is 0.332. The van der Waals surface area contributed by atoms with Crippen LogP contribution in [0.5, 0.6) is 5.75 Å². The van der Waals surface area contributed by atoms with E-state index < -0.39 is 0 Å². The Balaban J connectivity index is 1.70. The topological polar surface area (TPSA) is 72.0 Å². The van der Waals surface area contributed by atoms with Gasteiger partial charge in [0.15, 0.2) is 0 Å². The molecule has 3 aromatic carbocycles. The fraction of sp³-hybridized carbons (Fsp3) is 0.261. The molecule has 0 unspecified atom stereocenters. The zero-order valence-electron chi connectivity index (χ0n) is 15.7. The number of nitriles is 1. The van der Waals surface area contributed by atoms with Crippen molar-refractivity contribution in [3.63, 3.8) is 0 Å². The Kier molecular flexibility index (Phi) is 5.31. The zero-order chi connectivity index (χ0) is 19.3. The van der Waals surface area contributed by atoms with Crippen LogP contribution in [-0.2, 0) is 6.54 Å². The van der Waals surface area contributed by atoms with Crippen molar-refractivity contribution in [1.82, 2.24) is 4.90 Å². The van der Waals surface area contributed by atoms with Crippen molar-refractivity contribution in [2.45, 2.75) is 25.8 Å². The van der Waals surface area contributed by atoms with E-state index in [2.05, 4.69) is 21.2 Å². The number of phenols is 1. The Morgan fingerprint density at radius 1 is 0.929 bits per heavy atom. The predicted molar refractivity (Wildman–Crippen MR) is 110 cm³/mol. The standard InChI is InChI=1S/C23H22N4O/c24-15-17-8-10-19(11-9-17)25-26-22-14-18(16-27-12-4-1-5-13-27)23(28)21-7-3-2-6-20(21)22/h2-3,6-11,14,28H,1,4-5,12-13,16H2. The van der Waals surface area contributed by atoms with Gasteiger partial charge in [-0.1, -0.05) is 30.7 Å². The van der Waals surface area contributed by atoms with E-state index in [1.165, 1.54) is 19.3 Å². The van der Waals surface area contributed by atoms with E-state index in [1.54, 1.807) is 24.3 Å². The number of fused-ring (bicyclic) bond motifs is 1. The number of likely N-dealkylation sites (tertiary alicyclic amines) is 1. The molecule has 5 nitrogen and oxygen atoms in total. The molecule has 1 fully saturated rings. The van der Waals surface area contributed by atoms with Crippen molar-refractivity contribution < 1.29 is 5.11 Å². The first kappa shape index (κ1) is 18.1. The molecule has 0 aliphatic carbocycles. The Bertz CT molecular complexity index is 1040. The highest BCUT2D eigenvalue weighted by Gasteiger charge is 2.16. The molecule has 0 radical (unpaired) electrons. The Labute approximate surface area is 164 Å². The molecule has 0 aromatic heterocycles. The summed E-state index contributed by atoms with van der Waals surface area (Å²) in [6.07, 6.45) is 3.70. The second-order valence-corrected chi connectivity index (χ2v) is 7.14. The highest BCUT2D eigenvalue weighted by molar-refractivity contribution is 5.97. The van der Waals surface area contributed by atoms with Crippen molar-refractivity contribution in [3.8, 4) is 11.8 Å².